The molecule has 53 heavy (non-hydrogen) atoms. The number of hydrogen-bond donors (Lipinski definition) is 0. The predicted molar refractivity (Wildman–Crippen MR) is 223 cm³/mol. The van der Waals surface area contributed by atoms with Gasteiger partial charge in [-0.15, -0.1) is 0 Å². The Morgan fingerprint density at radius 1 is 0.340 bits per heavy atom. The van der Waals surface area contributed by atoms with Gasteiger partial charge in [-0.3, -0.25) is 0 Å². The van der Waals surface area contributed by atoms with Crippen LogP contribution in [-0.2, 0) is 0 Å². The van der Waals surface area contributed by atoms with Crippen LogP contribution >= 0.6 is 0 Å². The second-order valence-electron chi connectivity index (χ2n) is 13.8. The number of hydrogen-bond acceptors (Lipinski definition) is 2. The van der Waals surface area contributed by atoms with E-state index in [9.17, 15) is 0 Å². The van der Waals surface area contributed by atoms with Gasteiger partial charge in [0.05, 0.1) is 11.0 Å². The first-order valence-electron chi connectivity index (χ1n) is 18.1. The first kappa shape index (κ1) is 29.6. The number of benzene rings is 9. The summed E-state index contributed by atoms with van der Waals surface area (Å²) in [6, 6.07) is 69.9. The minimum Gasteiger partial charge on any atom is -0.456 e. The maximum absolute atomic E-state index is 6.23. The molecule has 2 heterocycles. The third kappa shape index (κ3) is 4.82. The Bertz CT molecular complexity index is 3170. The first-order chi connectivity index (χ1) is 26.2. The molecule has 0 bridgehead atoms. The van der Waals surface area contributed by atoms with Gasteiger partial charge < -0.3 is 13.9 Å². The topological polar surface area (TPSA) is 21.3 Å². The monoisotopic (exact) mass is 676 g/mol. The Kier molecular flexibility index (Phi) is 6.55. The molecule has 0 fully saturated rings. The zero-order valence-corrected chi connectivity index (χ0v) is 28.8. The van der Waals surface area contributed by atoms with Gasteiger partial charge in [0.15, 0.2) is 0 Å². The molecule has 3 nitrogen and oxygen atoms in total. The summed E-state index contributed by atoms with van der Waals surface area (Å²) in [6.45, 7) is 0. The van der Waals surface area contributed by atoms with Crippen LogP contribution in [-0.4, -0.2) is 4.57 Å². The van der Waals surface area contributed by atoms with Crippen molar-refractivity contribution >= 4 is 82.4 Å². The molecule has 11 aromatic rings. The van der Waals surface area contributed by atoms with Crippen LogP contribution in [0.4, 0.5) is 17.1 Å². The van der Waals surface area contributed by atoms with Crippen LogP contribution in [0.3, 0.4) is 0 Å². The normalized spacial score (nSPS) is 11.8. The van der Waals surface area contributed by atoms with Gasteiger partial charge in [-0.05, 0) is 118 Å². The molecule has 3 heteroatoms. The summed E-state index contributed by atoms with van der Waals surface area (Å²) in [5.74, 6) is 0. The summed E-state index contributed by atoms with van der Waals surface area (Å²) in [5.41, 5.74) is 10.9. The van der Waals surface area contributed by atoms with Crippen LogP contribution in [0.15, 0.2) is 199 Å². The van der Waals surface area contributed by atoms with Gasteiger partial charge in [0, 0.05) is 44.3 Å². The van der Waals surface area contributed by atoms with Crippen LogP contribution in [0, 0.1) is 0 Å². The summed E-state index contributed by atoms with van der Waals surface area (Å²) in [4.78, 5) is 2.34. The Labute approximate surface area is 306 Å². The van der Waals surface area contributed by atoms with E-state index in [0.717, 1.165) is 44.7 Å². The van der Waals surface area contributed by atoms with Crippen LogP contribution in [0.2, 0.25) is 0 Å². The Morgan fingerprint density at radius 2 is 0.925 bits per heavy atom. The van der Waals surface area contributed by atoms with E-state index in [1.165, 1.54) is 54.5 Å². The smallest absolute Gasteiger partial charge is 0.135 e. The molecule has 0 unspecified atom stereocenters. The van der Waals surface area contributed by atoms with Gasteiger partial charge in [0.25, 0.3) is 0 Å². The lowest BCUT2D eigenvalue weighted by atomic mass is 10.0. The van der Waals surface area contributed by atoms with Crippen molar-refractivity contribution in [3.63, 3.8) is 0 Å². The molecule has 0 spiro atoms. The van der Waals surface area contributed by atoms with Crippen molar-refractivity contribution in [3.8, 4) is 16.8 Å². The molecular formula is C50H32N2O. The Morgan fingerprint density at radius 3 is 1.72 bits per heavy atom. The van der Waals surface area contributed by atoms with Crippen molar-refractivity contribution in [2.45, 2.75) is 0 Å². The predicted octanol–water partition coefficient (Wildman–Crippen LogP) is 14.1. The van der Waals surface area contributed by atoms with Crippen LogP contribution in [0.1, 0.15) is 0 Å². The lowest BCUT2D eigenvalue weighted by Gasteiger charge is -2.26. The molecule has 11 rings (SSSR count). The molecule has 0 amide bonds. The SMILES string of the molecule is c1ccc2cc(-c3ccc(N(c4ccc(-n5c6ccccc6c6cc7ccccc7cc65)cc4)c4ccc5oc6ccccc6c5c4)cc3)ccc2c1. The van der Waals surface area contributed by atoms with Crippen molar-refractivity contribution in [2.24, 2.45) is 0 Å². The molecular weight excluding hydrogens is 645 g/mol. The molecule has 0 aliphatic rings. The molecule has 248 valence electrons. The maximum Gasteiger partial charge on any atom is 0.135 e. The van der Waals surface area contributed by atoms with Crippen molar-refractivity contribution in [2.75, 3.05) is 4.90 Å². The number of nitrogens with zero attached hydrogens (tertiary/aromatic N) is 2. The van der Waals surface area contributed by atoms with Gasteiger partial charge in [-0.1, -0.05) is 109 Å². The Balaban J connectivity index is 1.05. The van der Waals surface area contributed by atoms with E-state index >= 15 is 0 Å². The molecule has 0 saturated heterocycles. The second kappa shape index (κ2) is 11.7. The number of fused-ring (bicyclic) bond motifs is 8. The molecule has 2 aromatic heterocycles. The highest BCUT2D eigenvalue weighted by atomic mass is 16.3. The van der Waals surface area contributed by atoms with E-state index in [1.807, 2.05) is 12.1 Å². The second-order valence-corrected chi connectivity index (χ2v) is 13.8. The zero-order valence-electron chi connectivity index (χ0n) is 28.8. The summed E-state index contributed by atoms with van der Waals surface area (Å²) in [6.07, 6.45) is 0. The number of rotatable bonds is 5. The largest absolute Gasteiger partial charge is 0.456 e. The molecule has 0 radical (unpaired) electrons. The molecule has 0 aliphatic carbocycles. The van der Waals surface area contributed by atoms with Crippen molar-refractivity contribution in [1.29, 1.82) is 0 Å². The average Bonchev–Trinajstić information content (AvgIpc) is 3.75. The molecule has 0 atom stereocenters. The number of para-hydroxylation sites is 2. The minimum atomic E-state index is 0.885. The van der Waals surface area contributed by atoms with Crippen LogP contribution in [0.25, 0.3) is 82.1 Å². The fraction of sp³-hybridized carbons (Fsp3) is 0. The molecule has 0 saturated carbocycles. The van der Waals surface area contributed by atoms with Gasteiger partial charge in [-0.25, -0.2) is 0 Å². The van der Waals surface area contributed by atoms with E-state index < -0.39 is 0 Å². The third-order valence-electron chi connectivity index (χ3n) is 10.7. The highest BCUT2D eigenvalue weighted by Crippen LogP contribution is 2.41. The van der Waals surface area contributed by atoms with E-state index in [1.54, 1.807) is 0 Å². The summed E-state index contributed by atoms with van der Waals surface area (Å²) < 4.78 is 8.62. The lowest BCUT2D eigenvalue weighted by molar-refractivity contribution is 0.669. The van der Waals surface area contributed by atoms with Gasteiger partial charge in [0.1, 0.15) is 11.2 Å². The Hall–Kier alpha value is -7.10. The summed E-state index contributed by atoms with van der Waals surface area (Å²) >= 11 is 0. The maximum atomic E-state index is 6.23. The van der Waals surface area contributed by atoms with Crippen LogP contribution < -0.4 is 4.90 Å². The van der Waals surface area contributed by atoms with E-state index in [-0.39, 0.29) is 0 Å². The molecule has 9 aromatic carbocycles. The zero-order chi connectivity index (χ0) is 34.9. The number of anilines is 3. The van der Waals surface area contributed by atoms with Crippen molar-refractivity contribution < 1.29 is 4.42 Å². The molecule has 0 aliphatic heterocycles. The summed E-state index contributed by atoms with van der Waals surface area (Å²) in [5, 5.41) is 9.72. The third-order valence-corrected chi connectivity index (χ3v) is 10.7. The number of aromatic nitrogens is 1. The van der Waals surface area contributed by atoms with E-state index in [4.69, 9.17) is 4.42 Å². The van der Waals surface area contributed by atoms with E-state index in [0.29, 0.717) is 0 Å². The first-order valence-corrected chi connectivity index (χ1v) is 18.1. The average molecular weight is 677 g/mol. The summed E-state index contributed by atoms with van der Waals surface area (Å²) in [7, 11) is 0. The molecule has 0 N–H and O–H groups in total. The van der Waals surface area contributed by atoms with E-state index in [2.05, 4.69) is 191 Å². The quantitative estimate of drug-likeness (QED) is 0.181. The van der Waals surface area contributed by atoms with Crippen molar-refractivity contribution in [1.82, 2.24) is 4.57 Å². The fourth-order valence-electron chi connectivity index (χ4n) is 8.16. The highest BCUT2D eigenvalue weighted by Gasteiger charge is 2.18. The van der Waals surface area contributed by atoms with Crippen LogP contribution in [0.5, 0.6) is 0 Å². The lowest BCUT2D eigenvalue weighted by Crippen LogP contribution is -2.10. The minimum absolute atomic E-state index is 0.885. The van der Waals surface area contributed by atoms with Crippen molar-refractivity contribution in [3.05, 3.63) is 194 Å². The van der Waals surface area contributed by atoms with Gasteiger partial charge in [-0.2, -0.15) is 0 Å². The standard InChI is InChI=1S/C50H32N2O/c1-2-10-35-29-38(18-17-33(35)9-1)34-19-21-39(22-20-34)51(42-27-28-50-46(32-42)44-14-6-8-16-49(44)53-50)40-23-25-41(26-24-40)52-47-15-7-5-13-43(47)45-30-36-11-3-4-12-37(36)31-48(45)52/h1-32H. The fourth-order valence-corrected chi connectivity index (χ4v) is 8.16. The highest BCUT2D eigenvalue weighted by molar-refractivity contribution is 6.13. The van der Waals surface area contributed by atoms with Gasteiger partial charge in [0.2, 0.25) is 0 Å². The number of furan rings is 1. The van der Waals surface area contributed by atoms with Gasteiger partial charge >= 0.3 is 0 Å².